The number of aromatic nitrogens is 3. The van der Waals surface area contributed by atoms with E-state index in [-0.39, 0.29) is 16.8 Å². The Morgan fingerprint density at radius 3 is 2.91 bits per heavy atom. The predicted octanol–water partition coefficient (Wildman–Crippen LogP) is 4.34. The lowest BCUT2D eigenvalue weighted by molar-refractivity contribution is 0.612. The molecule has 0 aliphatic carbocycles. The maximum atomic E-state index is 8.95. The molecule has 0 aliphatic heterocycles. The number of furan rings is 1. The van der Waals surface area contributed by atoms with Crippen LogP contribution in [0.2, 0.25) is 5.15 Å². The fourth-order valence-electron chi connectivity index (χ4n) is 1.96. The summed E-state index contributed by atoms with van der Waals surface area (Å²) < 4.78 is 6.16. The van der Waals surface area contributed by atoms with Crippen molar-refractivity contribution in [2.75, 3.05) is 5.73 Å². The Hall–Kier alpha value is -1.82. The Labute approximate surface area is 149 Å². The highest BCUT2D eigenvalue weighted by Crippen LogP contribution is 2.37. The fraction of sp³-hybridized carbons (Fsp3) is 0.143. The number of pyridine rings is 1. The smallest absolute Gasteiger partial charge is 0.191 e. The van der Waals surface area contributed by atoms with Crippen molar-refractivity contribution >= 4 is 56.1 Å². The van der Waals surface area contributed by atoms with Crippen LogP contribution in [0.25, 0.3) is 11.0 Å². The van der Waals surface area contributed by atoms with Gasteiger partial charge in [0.2, 0.25) is 0 Å². The van der Waals surface area contributed by atoms with Crippen molar-refractivity contribution in [3.63, 3.8) is 0 Å². The van der Waals surface area contributed by atoms with E-state index in [1.165, 1.54) is 17.8 Å². The summed E-state index contributed by atoms with van der Waals surface area (Å²) in [5, 5.41) is 10.4. The maximum Gasteiger partial charge on any atom is 0.191 e. The van der Waals surface area contributed by atoms with E-state index in [0.29, 0.717) is 15.9 Å². The van der Waals surface area contributed by atoms with Gasteiger partial charge in [-0.2, -0.15) is 5.26 Å². The minimum absolute atomic E-state index is 0.0907. The number of rotatable bonds is 3. The van der Waals surface area contributed by atoms with Crippen molar-refractivity contribution < 1.29 is 4.42 Å². The van der Waals surface area contributed by atoms with E-state index < -0.39 is 0 Å². The number of anilines is 1. The summed E-state index contributed by atoms with van der Waals surface area (Å²) in [5.74, 6) is 0.255. The Morgan fingerprint density at radius 1 is 1.39 bits per heavy atom. The van der Waals surface area contributed by atoms with Crippen molar-refractivity contribution in [2.45, 2.75) is 17.3 Å². The van der Waals surface area contributed by atoms with Crippen molar-refractivity contribution in [1.29, 1.82) is 5.26 Å². The second-order valence-electron chi connectivity index (χ2n) is 4.63. The van der Waals surface area contributed by atoms with Gasteiger partial charge in [-0.3, -0.25) is 0 Å². The van der Waals surface area contributed by atoms with E-state index in [4.69, 9.17) is 27.0 Å². The third-order valence-corrected chi connectivity index (χ3v) is 4.89. The first-order chi connectivity index (χ1) is 11.0. The minimum Gasteiger partial charge on any atom is -0.460 e. The summed E-state index contributed by atoms with van der Waals surface area (Å²) in [7, 11) is 0. The van der Waals surface area contributed by atoms with Gasteiger partial charge in [0.05, 0.1) is 15.4 Å². The van der Waals surface area contributed by atoms with Crippen LogP contribution in [0.1, 0.15) is 23.6 Å². The topological polar surface area (TPSA) is 102 Å². The average Bonchev–Trinajstić information content (AvgIpc) is 2.88. The molecule has 3 aromatic rings. The van der Waals surface area contributed by atoms with E-state index in [0.717, 1.165) is 15.6 Å². The van der Waals surface area contributed by atoms with Crippen molar-refractivity contribution in [3.8, 4) is 6.07 Å². The van der Waals surface area contributed by atoms with E-state index >= 15 is 0 Å². The number of nitrogens with two attached hydrogens (primary N) is 1. The van der Waals surface area contributed by atoms with Gasteiger partial charge in [0.15, 0.2) is 15.9 Å². The van der Waals surface area contributed by atoms with Gasteiger partial charge < -0.3 is 10.2 Å². The Balaban J connectivity index is 1.94. The molecule has 3 rings (SSSR count). The van der Waals surface area contributed by atoms with Crippen LogP contribution in [0.3, 0.4) is 0 Å². The van der Waals surface area contributed by atoms with Gasteiger partial charge in [-0.25, -0.2) is 15.0 Å². The normalized spacial score (nSPS) is 12.3. The molecule has 3 aromatic heterocycles. The Bertz CT molecular complexity index is 939. The summed E-state index contributed by atoms with van der Waals surface area (Å²) in [5.41, 5.74) is 7.19. The summed E-state index contributed by atoms with van der Waals surface area (Å²) >= 11 is 10.9. The predicted molar refractivity (Wildman–Crippen MR) is 92.2 cm³/mol. The molecule has 0 saturated carbocycles. The van der Waals surface area contributed by atoms with Gasteiger partial charge in [0.1, 0.15) is 23.8 Å². The number of nitriles is 1. The second-order valence-corrected chi connectivity index (χ2v) is 7.15. The summed E-state index contributed by atoms with van der Waals surface area (Å²) in [6.07, 6.45) is 1.57. The summed E-state index contributed by atoms with van der Waals surface area (Å²) in [6.45, 7) is 1.95. The first-order valence-corrected chi connectivity index (χ1v) is 8.47. The molecule has 6 nitrogen and oxygen atoms in total. The van der Waals surface area contributed by atoms with Crippen LogP contribution in [-0.4, -0.2) is 15.0 Å². The highest BCUT2D eigenvalue weighted by molar-refractivity contribution is 9.10. The molecule has 0 saturated heterocycles. The third kappa shape index (κ3) is 3.27. The largest absolute Gasteiger partial charge is 0.460 e. The molecule has 1 atom stereocenters. The van der Waals surface area contributed by atoms with Gasteiger partial charge in [-0.05, 0) is 28.9 Å². The number of hydrogen-bond acceptors (Lipinski definition) is 7. The fourth-order valence-corrected chi connectivity index (χ4v) is 3.46. The van der Waals surface area contributed by atoms with Crippen LogP contribution < -0.4 is 5.73 Å². The van der Waals surface area contributed by atoms with Gasteiger partial charge in [-0.1, -0.05) is 23.4 Å². The zero-order valence-corrected chi connectivity index (χ0v) is 14.9. The molecular weight excluding hydrogens is 402 g/mol. The van der Waals surface area contributed by atoms with Crippen LogP contribution >= 0.6 is 39.3 Å². The summed E-state index contributed by atoms with van der Waals surface area (Å²) in [6, 6.07) is 5.28. The molecule has 0 amide bonds. The van der Waals surface area contributed by atoms with Crippen LogP contribution in [0.15, 0.2) is 32.4 Å². The van der Waals surface area contributed by atoms with E-state index in [9.17, 15) is 0 Å². The lowest BCUT2D eigenvalue weighted by Crippen LogP contribution is -2.00. The lowest BCUT2D eigenvalue weighted by Gasteiger charge is -2.10. The van der Waals surface area contributed by atoms with Gasteiger partial charge in [0, 0.05) is 11.5 Å². The molecule has 23 heavy (non-hydrogen) atoms. The quantitative estimate of drug-likeness (QED) is 0.389. The second kappa shape index (κ2) is 6.35. The van der Waals surface area contributed by atoms with Gasteiger partial charge >= 0.3 is 0 Å². The molecule has 0 radical (unpaired) electrons. The van der Waals surface area contributed by atoms with Crippen LogP contribution in [-0.2, 0) is 0 Å². The molecule has 0 fully saturated rings. The molecule has 0 bridgehead atoms. The molecule has 3 heterocycles. The number of hydrogen-bond donors (Lipinski definition) is 1. The van der Waals surface area contributed by atoms with E-state index in [1.54, 1.807) is 6.26 Å². The monoisotopic (exact) mass is 409 g/mol. The van der Waals surface area contributed by atoms with Crippen LogP contribution in [0, 0.1) is 11.3 Å². The van der Waals surface area contributed by atoms with Crippen LogP contribution in [0.4, 0.5) is 5.82 Å². The number of fused-ring (bicyclic) bond motifs is 1. The first kappa shape index (κ1) is 16.1. The zero-order valence-electron chi connectivity index (χ0n) is 11.7. The van der Waals surface area contributed by atoms with E-state index in [2.05, 4.69) is 30.9 Å². The molecular formula is C14H9BrClN5OS. The molecule has 0 aliphatic rings. The highest BCUT2D eigenvalue weighted by Gasteiger charge is 2.17. The number of thioether (sulfide) groups is 1. The van der Waals surface area contributed by atoms with Crippen LogP contribution in [0.5, 0.6) is 0 Å². The van der Waals surface area contributed by atoms with Gasteiger partial charge in [-0.15, -0.1) is 0 Å². The maximum absolute atomic E-state index is 8.95. The molecule has 116 valence electrons. The number of nitrogen functional groups attached to an aromatic ring is 1. The standard InChI is InChI=1S/C14H9BrClN5OS/c1-6(23-14-19-7(4-17)2-11(18)21-14)10-3-8-9(15)5-22-12(8)13(16)20-10/h2-3,5-6H,1H3,(H2,18,19,21). The van der Waals surface area contributed by atoms with Crippen molar-refractivity contribution in [2.24, 2.45) is 0 Å². The van der Waals surface area contributed by atoms with Crippen molar-refractivity contribution in [1.82, 2.24) is 15.0 Å². The Morgan fingerprint density at radius 2 is 2.17 bits per heavy atom. The first-order valence-electron chi connectivity index (χ1n) is 6.42. The molecule has 1 unspecified atom stereocenters. The average molecular weight is 411 g/mol. The lowest BCUT2D eigenvalue weighted by atomic mass is 10.2. The number of nitrogens with zero attached hydrogens (tertiary/aromatic N) is 4. The molecule has 0 aromatic carbocycles. The Kier molecular flexibility index (Phi) is 4.43. The molecule has 9 heteroatoms. The third-order valence-electron chi connectivity index (χ3n) is 3.03. The van der Waals surface area contributed by atoms with Crippen molar-refractivity contribution in [3.05, 3.63) is 39.4 Å². The summed E-state index contributed by atoms with van der Waals surface area (Å²) in [4.78, 5) is 12.6. The minimum atomic E-state index is -0.0907. The SMILES string of the molecule is CC(Sc1nc(N)cc(C#N)n1)c1cc2c(Br)coc2c(Cl)n1. The number of halogens is 2. The van der Waals surface area contributed by atoms with Gasteiger partial charge in [0.25, 0.3) is 0 Å². The van der Waals surface area contributed by atoms with E-state index in [1.807, 2.05) is 19.1 Å². The zero-order chi connectivity index (χ0) is 16.6. The molecule has 2 N–H and O–H groups in total. The highest BCUT2D eigenvalue weighted by atomic mass is 79.9. The molecule has 0 spiro atoms.